The normalized spacial score (nSPS) is 10.9. The van der Waals surface area contributed by atoms with Crippen LogP contribution in [-0.4, -0.2) is 24.7 Å². The molecule has 0 unspecified atom stereocenters. The van der Waals surface area contributed by atoms with Crippen molar-refractivity contribution in [2.45, 2.75) is 10.6 Å². The van der Waals surface area contributed by atoms with Crippen LogP contribution in [0, 0.1) is 0 Å². The summed E-state index contributed by atoms with van der Waals surface area (Å²) in [7, 11) is 0. The third kappa shape index (κ3) is 2.45. The maximum Gasteiger partial charge on any atom is 0.274 e. The molecule has 0 saturated carbocycles. The zero-order valence-electron chi connectivity index (χ0n) is 9.78. The number of phenols is 1. The van der Waals surface area contributed by atoms with E-state index in [9.17, 15) is 9.90 Å². The van der Waals surface area contributed by atoms with Gasteiger partial charge < -0.3 is 5.11 Å². The van der Waals surface area contributed by atoms with Crippen molar-refractivity contribution in [2.75, 3.05) is 0 Å². The highest BCUT2D eigenvalue weighted by Gasteiger charge is 2.04. The molecule has 19 heavy (non-hydrogen) atoms. The van der Waals surface area contributed by atoms with Crippen LogP contribution < -0.4 is 5.56 Å². The molecule has 0 spiro atoms. The Morgan fingerprint density at radius 2 is 2.11 bits per heavy atom. The lowest BCUT2D eigenvalue weighted by molar-refractivity contribution is 0.475. The number of aromatic nitrogens is 4. The Hall–Kier alpha value is -2.28. The minimum Gasteiger partial charge on any atom is -0.508 e. The summed E-state index contributed by atoms with van der Waals surface area (Å²) in [5.74, 6) is 1.18. The molecule has 0 aliphatic rings. The van der Waals surface area contributed by atoms with Gasteiger partial charge in [-0.2, -0.15) is 4.52 Å². The van der Waals surface area contributed by atoms with Crippen molar-refractivity contribution in [2.24, 2.45) is 0 Å². The standard InChI is InChI=1S/C12H10N4O2S/c17-9-1-3-10(4-2-9)19-6-8-5-11(18)16-12(15-8)13-7-14-16/h1-5,7,17H,6H2,(H,13,14,15). The summed E-state index contributed by atoms with van der Waals surface area (Å²) < 4.78 is 1.29. The zero-order chi connectivity index (χ0) is 13.2. The lowest BCUT2D eigenvalue weighted by Gasteiger charge is -2.01. The molecule has 96 valence electrons. The van der Waals surface area contributed by atoms with E-state index in [2.05, 4.69) is 15.1 Å². The lowest BCUT2D eigenvalue weighted by Crippen LogP contribution is -2.15. The van der Waals surface area contributed by atoms with Crippen LogP contribution >= 0.6 is 11.8 Å². The third-order valence-corrected chi connectivity index (χ3v) is 3.59. The molecule has 0 bridgehead atoms. The molecule has 0 radical (unpaired) electrons. The van der Waals surface area contributed by atoms with E-state index in [0.29, 0.717) is 17.2 Å². The summed E-state index contributed by atoms with van der Waals surface area (Å²) >= 11 is 1.54. The fraction of sp³-hybridized carbons (Fsp3) is 0.0833. The summed E-state index contributed by atoms with van der Waals surface area (Å²) in [6, 6.07) is 8.38. The predicted molar refractivity (Wildman–Crippen MR) is 71.3 cm³/mol. The van der Waals surface area contributed by atoms with Gasteiger partial charge in [0.2, 0.25) is 0 Å². The van der Waals surface area contributed by atoms with Gasteiger partial charge in [0.15, 0.2) is 0 Å². The van der Waals surface area contributed by atoms with Crippen molar-refractivity contribution >= 4 is 17.5 Å². The number of hydrogen-bond donors (Lipinski definition) is 2. The van der Waals surface area contributed by atoms with Gasteiger partial charge in [-0.25, -0.2) is 9.97 Å². The molecule has 0 aliphatic heterocycles. The summed E-state index contributed by atoms with van der Waals surface area (Å²) in [4.78, 5) is 21.0. The fourth-order valence-corrected chi connectivity index (χ4v) is 2.43. The van der Waals surface area contributed by atoms with Crippen molar-refractivity contribution in [1.29, 1.82) is 0 Å². The van der Waals surface area contributed by atoms with Gasteiger partial charge in [0.05, 0.1) is 5.69 Å². The Morgan fingerprint density at radius 1 is 1.32 bits per heavy atom. The van der Waals surface area contributed by atoms with E-state index in [1.54, 1.807) is 23.9 Å². The van der Waals surface area contributed by atoms with Crippen LogP contribution in [0.4, 0.5) is 0 Å². The summed E-state index contributed by atoms with van der Waals surface area (Å²) in [6.45, 7) is 0. The lowest BCUT2D eigenvalue weighted by atomic mass is 10.3. The van der Waals surface area contributed by atoms with Crippen molar-refractivity contribution in [3.63, 3.8) is 0 Å². The maximum absolute atomic E-state index is 11.7. The molecular formula is C12H10N4O2S. The van der Waals surface area contributed by atoms with Crippen molar-refractivity contribution in [1.82, 2.24) is 19.6 Å². The zero-order valence-corrected chi connectivity index (χ0v) is 10.6. The van der Waals surface area contributed by atoms with E-state index < -0.39 is 0 Å². The van der Waals surface area contributed by atoms with Gasteiger partial charge >= 0.3 is 0 Å². The molecular weight excluding hydrogens is 264 g/mol. The van der Waals surface area contributed by atoms with Gasteiger partial charge in [-0.3, -0.25) is 9.89 Å². The molecule has 2 heterocycles. The molecule has 7 heteroatoms. The number of hydrogen-bond acceptors (Lipinski definition) is 5. The summed E-state index contributed by atoms with van der Waals surface area (Å²) in [5.41, 5.74) is 0.499. The monoisotopic (exact) mass is 274 g/mol. The van der Waals surface area contributed by atoms with Crippen LogP contribution in [0.15, 0.2) is 46.3 Å². The summed E-state index contributed by atoms with van der Waals surface area (Å²) in [5, 5.41) is 11.9. The smallest absolute Gasteiger partial charge is 0.274 e. The quantitative estimate of drug-likeness (QED) is 0.706. The van der Waals surface area contributed by atoms with Crippen LogP contribution in [-0.2, 0) is 5.75 Å². The molecule has 0 amide bonds. The first-order valence-corrected chi connectivity index (χ1v) is 6.55. The van der Waals surface area contributed by atoms with E-state index >= 15 is 0 Å². The number of nitrogens with one attached hydrogen (secondary N) is 1. The summed E-state index contributed by atoms with van der Waals surface area (Å²) in [6.07, 6.45) is 1.43. The first-order chi connectivity index (χ1) is 9.22. The van der Waals surface area contributed by atoms with Crippen molar-refractivity contribution < 1.29 is 5.11 Å². The minimum atomic E-state index is -0.177. The highest BCUT2D eigenvalue weighted by molar-refractivity contribution is 7.98. The number of phenolic OH excluding ortho intramolecular Hbond substituents is 1. The molecule has 0 atom stereocenters. The number of fused-ring (bicyclic) bond motifs is 1. The van der Waals surface area contributed by atoms with Crippen LogP contribution in [0.3, 0.4) is 0 Å². The molecule has 1 aromatic carbocycles. The number of H-pyrrole nitrogens is 1. The number of rotatable bonds is 3. The van der Waals surface area contributed by atoms with E-state index in [-0.39, 0.29) is 11.3 Å². The second-order valence-corrected chi connectivity index (χ2v) is 4.94. The second kappa shape index (κ2) is 4.77. The first kappa shape index (κ1) is 11.8. The number of thioether (sulfide) groups is 1. The van der Waals surface area contributed by atoms with Gasteiger partial charge in [0.1, 0.15) is 12.1 Å². The Morgan fingerprint density at radius 3 is 2.89 bits per heavy atom. The van der Waals surface area contributed by atoms with Gasteiger partial charge in [0, 0.05) is 16.7 Å². The molecule has 6 nitrogen and oxygen atoms in total. The second-order valence-electron chi connectivity index (χ2n) is 3.89. The molecule has 2 aromatic heterocycles. The van der Waals surface area contributed by atoms with Crippen LogP contribution in [0.25, 0.3) is 5.78 Å². The molecule has 3 rings (SSSR count). The first-order valence-electron chi connectivity index (χ1n) is 5.56. The van der Waals surface area contributed by atoms with E-state index in [0.717, 1.165) is 4.90 Å². The van der Waals surface area contributed by atoms with Gasteiger partial charge in [-0.15, -0.1) is 11.8 Å². The topological polar surface area (TPSA) is 83.3 Å². The Bertz CT molecular complexity index is 763. The Labute approximate surface area is 112 Å². The van der Waals surface area contributed by atoms with Crippen LogP contribution in [0.5, 0.6) is 5.75 Å². The molecule has 0 fully saturated rings. The third-order valence-electron chi connectivity index (χ3n) is 2.54. The number of benzene rings is 1. The highest BCUT2D eigenvalue weighted by atomic mass is 32.2. The van der Waals surface area contributed by atoms with Crippen LogP contribution in [0.1, 0.15) is 5.69 Å². The van der Waals surface area contributed by atoms with E-state index in [1.807, 2.05) is 12.1 Å². The molecule has 0 aliphatic carbocycles. The average molecular weight is 274 g/mol. The predicted octanol–water partition coefficient (Wildman–Crippen LogP) is 1.42. The minimum absolute atomic E-state index is 0.177. The maximum atomic E-state index is 11.7. The number of aromatic hydroxyl groups is 1. The van der Waals surface area contributed by atoms with Gasteiger partial charge in [-0.05, 0) is 24.3 Å². The van der Waals surface area contributed by atoms with E-state index in [4.69, 9.17) is 0 Å². The largest absolute Gasteiger partial charge is 0.508 e. The molecule has 2 N–H and O–H groups in total. The average Bonchev–Trinajstić information content (AvgIpc) is 2.87. The van der Waals surface area contributed by atoms with E-state index in [1.165, 1.54) is 16.9 Å². The number of aromatic amines is 1. The van der Waals surface area contributed by atoms with Crippen molar-refractivity contribution in [3.05, 3.63) is 52.7 Å². The van der Waals surface area contributed by atoms with Gasteiger partial charge in [-0.1, -0.05) is 0 Å². The number of nitrogens with zero attached hydrogens (tertiary/aromatic N) is 3. The SMILES string of the molecule is O=c1cc(CSc2ccc(O)cc2)nc2nc[nH]n12. The molecule has 3 aromatic rings. The fourth-order valence-electron chi connectivity index (χ4n) is 1.64. The van der Waals surface area contributed by atoms with Gasteiger partial charge in [0.25, 0.3) is 11.3 Å². The highest BCUT2D eigenvalue weighted by Crippen LogP contribution is 2.23. The van der Waals surface area contributed by atoms with Crippen LogP contribution in [0.2, 0.25) is 0 Å². The molecule has 0 saturated heterocycles. The Kier molecular flexibility index (Phi) is 2.96. The van der Waals surface area contributed by atoms with Crippen molar-refractivity contribution in [3.8, 4) is 5.75 Å². The Balaban J connectivity index is 1.81.